The van der Waals surface area contributed by atoms with Crippen LogP contribution in [-0.2, 0) is 9.63 Å². The molecule has 0 aromatic heterocycles. The van der Waals surface area contributed by atoms with Crippen LogP contribution in [0.15, 0.2) is 23.4 Å². The van der Waals surface area contributed by atoms with Crippen molar-refractivity contribution in [3.05, 3.63) is 34.9 Å². The lowest BCUT2D eigenvalue weighted by Crippen LogP contribution is -2.36. The third-order valence-corrected chi connectivity index (χ3v) is 5.24. The van der Waals surface area contributed by atoms with Crippen molar-refractivity contribution >= 4 is 11.7 Å². The Hall–Kier alpha value is -2.36. The summed E-state index contributed by atoms with van der Waals surface area (Å²) < 4.78 is 0. The molecule has 3 N–H and O–H groups in total. The van der Waals surface area contributed by atoms with Crippen molar-refractivity contribution in [3.63, 3.8) is 0 Å². The zero-order chi connectivity index (χ0) is 18.8. The number of nitrogens with zero attached hydrogens (tertiary/aromatic N) is 1. The first-order valence-corrected chi connectivity index (χ1v) is 8.71. The van der Waals surface area contributed by atoms with E-state index in [2.05, 4.69) is 17.0 Å². The molecule has 2 saturated carbocycles. The normalized spacial score (nSPS) is 29.3. The molecular formula is C20H23NO5. The average molecular weight is 357 g/mol. The number of hydrogen-bond acceptors (Lipinski definition) is 5. The maximum Gasteiger partial charge on any atom is 0.344 e. The number of rotatable bonds is 4. The van der Waals surface area contributed by atoms with Crippen LogP contribution in [0.2, 0.25) is 0 Å². The summed E-state index contributed by atoms with van der Waals surface area (Å²) in [5, 5.41) is 33.1. The van der Waals surface area contributed by atoms with Crippen LogP contribution >= 0.6 is 0 Å². The molecule has 0 heterocycles. The summed E-state index contributed by atoms with van der Waals surface area (Å²) in [5.74, 6) is 4.92. The van der Waals surface area contributed by atoms with Gasteiger partial charge in [-0.15, -0.1) is 0 Å². The molecule has 138 valence electrons. The van der Waals surface area contributed by atoms with Crippen LogP contribution in [0.25, 0.3) is 0 Å². The second-order valence-corrected chi connectivity index (χ2v) is 7.10. The van der Waals surface area contributed by atoms with Gasteiger partial charge in [0.05, 0.1) is 17.7 Å². The Labute approximate surface area is 152 Å². The standard InChI is InChI=1S/C20H23NO5/c1-11-3-4-13(12(2)7-11)18(22)6-5-14-15-8-17(16(15)9-19(14)23)21-26-10-20(24)25/h3-4,7,14-16,18-19,22-23H,8-10H2,1-2H3,(H,24,25). The predicted octanol–water partition coefficient (Wildman–Crippen LogP) is 1.81. The molecule has 1 aromatic carbocycles. The molecule has 0 radical (unpaired) electrons. The van der Waals surface area contributed by atoms with Crippen LogP contribution in [0.1, 0.15) is 35.6 Å². The van der Waals surface area contributed by atoms with Crippen LogP contribution < -0.4 is 0 Å². The molecule has 5 unspecified atom stereocenters. The fourth-order valence-corrected chi connectivity index (χ4v) is 3.87. The number of carboxylic acid groups (broad SMARTS) is 1. The third kappa shape index (κ3) is 3.74. The topological polar surface area (TPSA) is 99.4 Å². The van der Waals surface area contributed by atoms with E-state index in [9.17, 15) is 15.0 Å². The molecule has 26 heavy (non-hydrogen) atoms. The van der Waals surface area contributed by atoms with E-state index in [0.29, 0.717) is 12.8 Å². The van der Waals surface area contributed by atoms with Crippen molar-refractivity contribution in [2.75, 3.05) is 6.61 Å². The zero-order valence-corrected chi connectivity index (χ0v) is 14.8. The van der Waals surface area contributed by atoms with Gasteiger partial charge in [0.1, 0.15) is 6.10 Å². The quantitative estimate of drug-likeness (QED) is 0.564. The van der Waals surface area contributed by atoms with Gasteiger partial charge in [0.15, 0.2) is 0 Å². The number of hydrogen-bond donors (Lipinski definition) is 3. The van der Waals surface area contributed by atoms with Crippen LogP contribution in [-0.4, -0.2) is 39.7 Å². The summed E-state index contributed by atoms with van der Waals surface area (Å²) in [6, 6.07) is 5.83. The smallest absolute Gasteiger partial charge is 0.344 e. The zero-order valence-electron chi connectivity index (χ0n) is 14.8. The fourth-order valence-electron chi connectivity index (χ4n) is 3.87. The molecule has 0 aliphatic heterocycles. The van der Waals surface area contributed by atoms with Gasteiger partial charge in [-0.2, -0.15) is 0 Å². The number of aliphatic hydroxyl groups is 2. The van der Waals surface area contributed by atoms with E-state index in [4.69, 9.17) is 9.94 Å². The number of carboxylic acids is 1. The second-order valence-electron chi connectivity index (χ2n) is 7.10. The Morgan fingerprint density at radius 1 is 1.42 bits per heavy atom. The predicted molar refractivity (Wildman–Crippen MR) is 95.4 cm³/mol. The van der Waals surface area contributed by atoms with E-state index in [-0.39, 0.29) is 17.8 Å². The largest absolute Gasteiger partial charge is 0.479 e. The number of aliphatic carboxylic acids is 1. The van der Waals surface area contributed by atoms with E-state index >= 15 is 0 Å². The summed E-state index contributed by atoms with van der Waals surface area (Å²) >= 11 is 0. The van der Waals surface area contributed by atoms with E-state index in [0.717, 1.165) is 22.4 Å². The Morgan fingerprint density at radius 3 is 2.88 bits per heavy atom. The Balaban J connectivity index is 1.65. The molecule has 5 atom stereocenters. The highest BCUT2D eigenvalue weighted by molar-refractivity contribution is 5.93. The summed E-state index contributed by atoms with van der Waals surface area (Å²) in [4.78, 5) is 15.2. The molecule has 2 aliphatic carbocycles. The molecule has 2 fully saturated rings. The Bertz CT molecular complexity index is 791. The van der Waals surface area contributed by atoms with Gasteiger partial charge in [-0.1, -0.05) is 40.8 Å². The van der Waals surface area contributed by atoms with Crippen molar-refractivity contribution in [3.8, 4) is 11.8 Å². The first-order valence-electron chi connectivity index (χ1n) is 8.71. The first kappa shape index (κ1) is 18.4. The van der Waals surface area contributed by atoms with Crippen molar-refractivity contribution in [2.24, 2.45) is 22.9 Å². The van der Waals surface area contributed by atoms with Gasteiger partial charge in [0, 0.05) is 5.92 Å². The molecule has 0 amide bonds. The summed E-state index contributed by atoms with van der Waals surface area (Å²) in [5.41, 5.74) is 3.69. The van der Waals surface area contributed by atoms with Gasteiger partial charge >= 0.3 is 5.97 Å². The molecular weight excluding hydrogens is 334 g/mol. The minimum absolute atomic E-state index is 0.0800. The van der Waals surface area contributed by atoms with Crippen LogP contribution in [0.3, 0.4) is 0 Å². The molecule has 6 heteroatoms. The first-order chi connectivity index (χ1) is 12.4. The molecule has 0 saturated heterocycles. The highest BCUT2D eigenvalue weighted by Crippen LogP contribution is 2.48. The van der Waals surface area contributed by atoms with Gasteiger partial charge in [-0.3, -0.25) is 0 Å². The molecule has 2 aliphatic rings. The van der Waals surface area contributed by atoms with Gasteiger partial charge in [0.25, 0.3) is 0 Å². The van der Waals surface area contributed by atoms with Gasteiger partial charge in [0.2, 0.25) is 6.61 Å². The number of carbonyl (C=O) groups is 1. The summed E-state index contributed by atoms with van der Waals surface area (Å²) in [6.45, 7) is 3.48. The summed E-state index contributed by atoms with van der Waals surface area (Å²) in [6.07, 6.45) is -0.274. The number of benzene rings is 1. The number of fused-ring (bicyclic) bond motifs is 1. The van der Waals surface area contributed by atoms with Crippen LogP contribution in [0, 0.1) is 43.4 Å². The van der Waals surface area contributed by atoms with Gasteiger partial charge in [-0.05, 0) is 43.7 Å². The minimum Gasteiger partial charge on any atom is -0.479 e. The van der Waals surface area contributed by atoms with Crippen molar-refractivity contribution in [1.82, 2.24) is 0 Å². The van der Waals surface area contributed by atoms with Crippen molar-refractivity contribution in [2.45, 2.75) is 38.9 Å². The molecule has 6 nitrogen and oxygen atoms in total. The van der Waals surface area contributed by atoms with Gasteiger partial charge < -0.3 is 20.2 Å². The summed E-state index contributed by atoms with van der Waals surface area (Å²) in [7, 11) is 0. The number of aliphatic hydroxyl groups excluding tert-OH is 2. The molecule has 3 rings (SSSR count). The van der Waals surface area contributed by atoms with E-state index in [1.54, 1.807) is 0 Å². The lowest BCUT2D eigenvalue weighted by Gasteiger charge is -2.33. The number of oxime groups is 1. The van der Waals surface area contributed by atoms with Crippen molar-refractivity contribution in [1.29, 1.82) is 0 Å². The lowest BCUT2D eigenvalue weighted by atomic mass is 9.71. The maximum atomic E-state index is 10.5. The van der Waals surface area contributed by atoms with Crippen LogP contribution in [0.4, 0.5) is 0 Å². The highest BCUT2D eigenvalue weighted by Gasteiger charge is 2.51. The second kappa shape index (κ2) is 7.48. The Morgan fingerprint density at radius 2 is 2.19 bits per heavy atom. The van der Waals surface area contributed by atoms with E-state index in [1.165, 1.54) is 0 Å². The molecule has 0 spiro atoms. The fraction of sp³-hybridized carbons (Fsp3) is 0.500. The third-order valence-electron chi connectivity index (χ3n) is 5.24. The van der Waals surface area contributed by atoms with Crippen molar-refractivity contribution < 1.29 is 25.0 Å². The Kier molecular flexibility index (Phi) is 5.30. The SMILES string of the molecule is Cc1ccc(C(O)C#CC2C(O)CC3C(=NOCC(=O)O)CC32)c(C)c1. The van der Waals surface area contributed by atoms with E-state index in [1.807, 2.05) is 32.0 Å². The van der Waals surface area contributed by atoms with Gasteiger partial charge in [-0.25, -0.2) is 4.79 Å². The number of aryl methyl sites for hydroxylation is 2. The average Bonchev–Trinajstić information content (AvgIpc) is 2.80. The maximum absolute atomic E-state index is 10.5. The molecule has 1 aromatic rings. The monoisotopic (exact) mass is 357 g/mol. The molecule has 0 bridgehead atoms. The lowest BCUT2D eigenvalue weighted by molar-refractivity contribution is -0.142. The van der Waals surface area contributed by atoms with Crippen LogP contribution in [0.5, 0.6) is 0 Å². The minimum atomic E-state index is -1.07. The van der Waals surface area contributed by atoms with E-state index < -0.39 is 24.8 Å². The highest BCUT2D eigenvalue weighted by atomic mass is 16.6.